The van der Waals surface area contributed by atoms with E-state index in [-0.39, 0.29) is 6.04 Å². The predicted octanol–water partition coefficient (Wildman–Crippen LogP) is 3.84. The molecule has 1 unspecified atom stereocenters. The lowest BCUT2D eigenvalue weighted by Crippen LogP contribution is -2.14. The quantitative estimate of drug-likeness (QED) is 0.803. The van der Waals surface area contributed by atoms with E-state index < -0.39 is 0 Å². The number of hydrogen-bond donors (Lipinski definition) is 1. The van der Waals surface area contributed by atoms with Gasteiger partial charge in [-0.25, -0.2) is 0 Å². The second-order valence-corrected chi connectivity index (χ2v) is 4.89. The molecule has 0 saturated carbocycles. The monoisotopic (exact) mass is 243 g/mol. The second kappa shape index (κ2) is 4.17. The summed E-state index contributed by atoms with van der Waals surface area (Å²) in [6.07, 6.45) is 0. The zero-order valence-electron chi connectivity index (χ0n) is 9.70. The Labute approximate surface area is 106 Å². The molecular weight excluding hydrogens is 230 g/mol. The molecule has 2 aromatic rings. The standard InChI is InChI=1S/C15H14ClN/c1-10-5-2-3-6-11(10)15-12-7-4-8-14(16)13(12)9-17-15/h2-8,15,17H,9H2,1H3. The van der Waals surface area contributed by atoms with Crippen LogP contribution < -0.4 is 5.32 Å². The van der Waals surface area contributed by atoms with Gasteiger partial charge >= 0.3 is 0 Å². The Morgan fingerprint density at radius 3 is 2.65 bits per heavy atom. The Hall–Kier alpha value is -1.31. The third-order valence-corrected chi connectivity index (χ3v) is 3.80. The third-order valence-electron chi connectivity index (χ3n) is 3.45. The van der Waals surface area contributed by atoms with Gasteiger partial charge in [-0.1, -0.05) is 48.0 Å². The Morgan fingerprint density at radius 1 is 1.06 bits per heavy atom. The van der Waals surface area contributed by atoms with Crippen LogP contribution in [0.2, 0.25) is 5.02 Å². The maximum atomic E-state index is 6.22. The molecule has 0 radical (unpaired) electrons. The highest BCUT2D eigenvalue weighted by Gasteiger charge is 2.25. The van der Waals surface area contributed by atoms with Gasteiger partial charge in [0.1, 0.15) is 0 Å². The molecule has 3 rings (SSSR count). The molecule has 1 heterocycles. The van der Waals surface area contributed by atoms with Gasteiger partial charge < -0.3 is 5.32 Å². The molecule has 0 aromatic heterocycles. The normalized spacial score (nSPS) is 18.1. The molecule has 17 heavy (non-hydrogen) atoms. The first kappa shape index (κ1) is 10.8. The number of fused-ring (bicyclic) bond motifs is 1. The summed E-state index contributed by atoms with van der Waals surface area (Å²) in [6, 6.07) is 14.9. The van der Waals surface area contributed by atoms with Crippen molar-refractivity contribution in [2.75, 3.05) is 0 Å². The fourth-order valence-corrected chi connectivity index (χ4v) is 2.78. The van der Waals surface area contributed by atoms with Crippen molar-refractivity contribution in [3.63, 3.8) is 0 Å². The van der Waals surface area contributed by atoms with Gasteiger partial charge in [0.25, 0.3) is 0 Å². The number of rotatable bonds is 1. The van der Waals surface area contributed by atoms with E-state index >= 15 is 0 Å². The van der Waals surface area contributed by atoms with Crippen LogP contribution in [0.25, 0.3) is 0 Å². The first-order valence-corrected chi connectivity index (χ1v) is 6.21. The minimum atomic E-state index is 0.282. The van der Waals surface area contributed by atoms with E-state index in [1.807, 2.05) is 12.1 Å². The lowest BCUT2D eigenvalue weighted by molar-refractivity contribution is 0.664. The van der Waals surface area contributed by atoms with Gasteiger partial charge in [-0.05, 0) is 35.2 Å². The van der Waals surface area contributed by atoms with Gasteiger partial charge in [-0.2, -0.15) is 0 Å². The van der Waals surface area contributed by atoms with Crippen molar-refractivity contribution < 1.29 is 0 Å². The summed E-state index contributed by atoms with van der Waals surface area (Å²) in [5.41, 5.74) is 5.21. The van der Waals surface area contributed by atoms with Crippen LogP contribution in [-0.2, 0) is 6.54 Å². The Bertz CT molecular complexity index is 563. The maximum Gasteiger partial charge on any atom is 0.0585 e. The number of benzene rings is 2. The van der Waals surface area contributed by atoms with Crippen LogP contribution in [0.4, 0.5) is 0 Å². The van der Waals surface area contributed by atoms with Crippen LogP contribution in [-0.4, -0.2) is 0 Å². The lowest BCUT2D eigenvalue weighted by atomic mass is 9.95. The zero-order valence-corrected chi connectivity index (χ0v) is 10.5. The molecule has 2 heteroatoms. The number of aryl methyl sites for hydroxylation is 1. The molecule has 1 N–H and O–H groups in total. The summed E-state index contributed by atoms with van der Waals surface area (Å²) >= 11 is 6.22. The molecule has 0 saturated heterocycles. The van der Waals surface area contributed by atoms with E-state index in [9.17, 15) is 0 Å². The van der Waals surface area contributed by atoms with Gasteiger partial charge in [-0.3, -0.25) is 0 Å². The van der Waals surface area contributed by atoms with Crippen LogP contribution in [0.5, 0.6) is 0 Å². The topological polar surface area (TPSA) is 12.0 Å². The van der Waals surface area contributed by atoms with E-state index in [2.05, 4.69) is 42.6 Å². The first-order chi connectivity index (χ1) is 8.27. The summed E-state index contributed by atoms with van der Waals surface area (Å²) in [5, 5.41) is 4.40. The largest absolute Gasteiger partial charge is 0.302 e. The molecule has 0 aliphatic carbocycles. The van der Waals surface area contributed by atoms with Gasteiger partial charge in [0.05, 0.1) is 6.04 Å². The molecule has 86 valence electrons. The summed E-state index contributed by atoms with van der Waals surface area (Å²) < 4.78 is 0. The molecule has 1 nitrogen and oxygen atoms in total. The maximum absolute atomic E-state index is 6.22. The zero-order chi connectivity index (χ0) is 11.8. The molecule has 0 amide bonds. The van der Waals surface area contributed by atoms with Crippen molar-refractivity contribution in [3.8, 4) is 0 Å². The SMILES string of the molecule is Cc1ccccc1C1NCc2c(Cl)cccc21. The minimum Gasteiger partial charge on any atom is -0.302 e. The van der Waals surface area contributed by atoms with Crippen molar-refractivity contribution in [1.82, 2.24) is 5.32 Å². The van der Waals surface area contributed by atoms with Crippen molar-refractivity contribution in [2.45, 2.75) is 19.5 Å². The molecule has 0 bridgehead atoms. The van der Waals surface area contributed by atoms with Gasteiger partial charge in [0.2, 0.25) is 0 Å². The van der Waals surface area contributed by atoms with Crippen molar-refractivity contribution in [3.05, 3.63) is 69.7 Å². The molecule has 0 spiro atoms. The molecule has 2 aromatic carbocycles. The first-order valence-electron chi connectivity index (χ1n) is 5.83. The number of halogens is 1. The molecule has 0 fully saturated rings. The number of hydrogen-bond acceptors (Lipinski definition) is 1. The smallest absolute Gasteiger partial charge is 0.0585 e. The molecule has 1 aliphatic heterocycles. The highest BCUT2D eigenvalue weighted by Crippen LogP contribution is 2.35. The van der Waals surface area contributed by atoms with Gasteiger partial charge in [0, 0.05) is 11.6 Å². The van der Waals surface area contributed by atoms with Crippen LogP contribution in [0.3, 0.4) is 0 Å². The summed E-state index contributed by atoms with van der Waals surface area (Å²) in [7, 11) is 0. The van der Waals surface area contributed by atoms with E-state index in [0.29, 0.717) is 0 Å². The minimum absolute atomic E-state index is 0.282. The highest BCUT2D eigenvalue weighted by atomic mass is 35.5. The van der Waals surface area contributed by atoms with Crippen LogP contribution >= 0.6 is 11.6 Å². The Kier molecular flexibility index (Phi) is 2.65. The fourth-order valence-electron chi connectivity index (χ4n) is 2.53. The van der Waals surface area contributed by atoms with Crippen molar-refractivity contribution in [1.29, 1.82) is 0 Å². The van der Waals surface area contributed by atoms with Gasteiger partial charge in [-0.15, -0.1) is 0 Å². The highest BCUT2D eigenvalue weighted by molar-refractivity contribution is 6.31. The van der Waals surface area contributed by atoms with Crippen LogP contribution in [0, 0.1) is 6.92 Å². The molecule has 1 atom stereocenters. The average Bonchev–Trinajstić information content (AvgIpc) is 2.75. The summed E-state index contributed by atoms with van der Waals surface area (Å²) in [5.74, 6) is 0. The lowest BCUT2D eigenvalue weighted by Gasteiger charge is -2.15. The summed E-state index contributed by atoms with van der Waals surface area (Å²) in [6.45, 7) is 3.01. The molecular formula is C15H14ClN. The Balaban J connectivity index is 2.11. The second-order valence-electron chi connectivity index (χ2n) is 4.48. The van der Waals surface area contributed by atoms with Crippen LogP contribution in [0.15, 0.2) is 42.5 Å². The van der Waals surface area contributed by atoms with E-state index in [0.717, 1.165) is 11.6 Å². The van der Waals surface area contributed by atoms with E-state index in [4.69, 9.17) is 11.6 Å². The average molecular weight is 244 g/mol. The third kappa shape index (κ3) is 1.76. The fraction of sp³-hybridized carbons (Fsp3) is 0.200. The van der Waals surface area contributed by atoms with Crippen molar-refractivity contribution in [2.24, 2.45) is 0 Å². The van der Waals surface area contributed by atoms with Gasteiger partial charge in [0.15, 0.2) is 0 Å². The summed E-state index contributed by atoms with van der Waals surface area (Å²) in [4.78, 5) is 0. The van der Waals surface area contributed by atoms with Crippen molar-refractivity contribution >= 4 is 11.6 Å². The van der Waals surface area contributed by atoms with E-state index in [1.54, 1.807) is 0 Å². The molecule has 1 aliphatic rings. The van der Waals surface area contributed by atoms with E-state index in [1.165, 1.54) is 22.3 Å². The Morgan fingerprint density at radius 2 is 1.82 bits per heavy atom. The van der Waals surface area contributed by atoms with Crippen LogP contribution in [0.1, 0.15) is 28.3 Å². The predicted molar refractivity (Wildman–Crippen MR) is 71.3 cm³/mol. The number of nitrogens with one attached hydrogen (secondary N) is 1.